The van der Waals surface area contributed by atoms with Gasteiger partial charge in [0.25, 0.3) is 0 Å². The quantitative estimate of drug-likeness (QED) is 0.895. The molecule has 0 spiro atoms. The van der Waals surface area contributed by atoms with Crippen molar-refractivity contribution >= 4 is 0 Å². The number of hydrogen-bond acceptors (Lipinski definition) is 2. The van der Waals surface area contributed by atoms with E-state index >= 15 is 0 Å². The minimum absolute atomic E-state index is 0.389. The van der Waals surface area contributed by atoms with E-state index in [1.807, 2.05) is 6.07 Å². The fraction of sp³-hybridized carbons (Fsp3) is 0.368. The van der Waals surface area contributed by atoms with Crippen LogP contribution in [0.3, 0.4) is 0 Å². The van der Waals surface area contributed by atoms with Crippen LogP contribution in [0.4, 0.5) is 0 Å². The number of para-hydroxylation sites is 1. The molecule has 0 aliphatic carbocycles. The molecule has 2 heteroatoms. The van der Waals surface area contributed by atoms with Crippen molar-refractivity contribution in [2.75, 3.05) is 6.61 Å². The molecule has 2 aromatic rings. The zero-order chi connectivity index (χ0) is 14.7. The molecule has 2 aromatic carbocycles. The van der Waals surface area contributed by atoms with E-state index in [1.165, 1.54) is 16.7 Å². The van der Waals surface area contributed by atoms with Gasteiger partial charge in [0, 0.05) is 24.6 Å². The lowest BCUT2D eigenvalue weighted by Gasteiger charge is -2.26. The molecule has 110 valence electrons. The van der Waals surface area contributed by atoms with Gasteiger partial charge in [0.2, 0.25) is 0 Å². The van der Waals surface area contributed by atoms with Crippen LogP contribution >= 0.6 is 0 Å². The average Bonchev–Trinajstić information content (AvgIpc) is 2.53. The molecule has 1 atom stereocenters. The first-order valence-electron chi connectivity index (χ1n) is 7.78. The first kappa shape index (κ1) is 14.2. The van der Waals surface area contributed by atoms with Crippen LogP contribution in [0.25, 0.3) is 0 Å². The van der Waals surface area contributed by atoms with Gasteiger partial charge in [0.15, 0.2) is 0 Å². The average molecular weight is 281 g/mol. The summed E-state index contributed by atoms with van der Waals surface area (Å²) in [6, 6.07) is 17.7. The third kappa shape index (κ3) is 3.27. The van der Waals surface area contributed by atoms with Crippen LogP contribution in [0.15, 0.2) is 48.5 Å². The maximum Gasteiger partial charge on any atom is 0.124 e. The van der Waals surface area contributed by atoms with E-state index in [1.54, 1.807) is 0 Å². The van der Waals surface area contributed by atoms with Crippen LogP contribution in [0, 0.1) is 0 Å². The Morgan fingerprint density at radius 3 is 2.62 bits per heavy atom. The van der Waals surface area contributed by atoms with Crippen molar-refractivity contribution in [2.45, 2.75) is 38.8 Å². The summed E-state index contributed by atoms with van der Waals surface area (Å²) in [5.74, 6) is 1.62. The predicted molar refractivity (Wildman–Crippen MR) is 86.7 cm³/mol. The van der Waals surface area contributed by atoms with Crippen LogP contribution in [-0.2, 0) is 6.54 Å². The van der Waals surface area contributed by atoms with Crippen LogP contribution in [-0.4, -0.2) is 6.61 Å². The highest BCUT2D eigenvalue weighted by Gasteiger charge is 2.20. The number of benzene rings is 2. The minimum atomic E-state index is 0.389. The van der Waals surface area contributed by atoms with Gasteiger partial charge in [-0.15, -0.1) is 0 Å². The molecule has 3 rings (SSSR count). The van der Waals surface area contributed by atoms with Crippen molar-refractivity contribution in [1.29, 1.82) is 0 Å². The van der Waals surface area contributed by atoms with Gasteiger partial charge in [-0.05, 0) is 23.1 Å². The molecule has 2 nitrogen and oxygen atoms in total. The van der Waals surface area contributed by atoms with Gasteiger partial charge in [-0.3, -0.25) is 0 Å². The van der Waals surface area contributed by atoms with E-state index in [0.29, 0.717) is 12.0 Å². The first-order chi connectivity index (χ1) is 10.2. The third-order valence-corrected chi connectivity index (χ3v) is 4.16. The van der Waals surface area contributed by atoms with Crippen molar-refractivity contribution in [2.24, 2.45) is 0 Å². The largest absolute Gasteiger partial charge is 0.493 e. The number of rotatable bonds is 4. The molecule has 21 heavy (non-hydrogen) atoms. The summed E-state index contributed by atoms with van der Waals surface area (Å²) in [5.41, 5.74) is 4.01. The van der Waals surface area contributed by atoms with Gasteiger partial charge in [-0.25, -0.2) is 0 Å². The summed E-state index contributed by atoms with van der Waals surface area (Å²) < 4.78 is 5.71. The Kier molecular flexibility index (Phi) is 4.26. The fourth-order valence-electron chi connectivity index (χ4n) is 2.82. The Hall–Kier alpha value is -1.80. The molecule has 0 saturated heterocycles. The number of hydrogen-bond donors (Lipinski definition) is 1. The van der Waals surface area contributed by atoms with Gasteiger partial charge in [-0.1, -0.05) is 56.3 Å². The van der Waals surface area contributed by atoms with Crippen LogP contribution in [0.2, 0.25) is 0 Å². The molecule has 0 fully saturated rings. The number of ether oxygens (including phenoxy) is 1. The Balaban J connectivity index is 1.66. The lowest BCUT2D eigenvalue weighted by atomic mass is 9.99. The zero-order valence-electron chi connectivity index (χ0n) is 12.8. The highest BCUT2D eigenvalue weighted by Crippen LogP contribution is 2.31. The normalized spacial score (nSPS) is 17.4. The maximum atomic E-state index is 5.71. The third-order valence-electron chi connectivity index (χ3n) is 4.16. The second-order valence-electron chi connectivity index (χ2n) is 6.00. The molecular formula is C19H23NO. The molecule has 0 radical (unpaired) electrons. The fourth-order valence-corrected chi connectivity index (χ4v) is 2.82. The second kappa shape index (κ2) is 6.31. The van der Waals surface area contributed by atoms with E-state index in [2.05, 4.69) is 61.6 Å². The van der Waals surface area contributed by atoms with E-state index in [4.69, 9.17) is 4.74 Å². The Morgan fingerprint density at radius 2 is 1.86 bits per heavy atom. The second-order valence-corrected chi connectivity index (χ2v) is 6.00. The van der Waals surface area contributed by atoms with Crippen molar-refractivity contribution in [1.82, 2.24) is 5.32 Å². The van der Waals surface area contributed by atoms with E-state index in [0.717, 1.165) is 25.3 Å². The Labute approximate surface area is 127 Å². The lowest BCUT2D eigenvalue weighted by molar-refractivity contribution is 0.252. The summed E-state index contributed by atoms with van der Waals surface area (Å²) in [4.78, 5) is 0. The SMILES string of the molecule is CC(C)c1ccc(CNC2CCOc3ccccc32)cc1. The van der Waals surface area contributed by atoms with Gasteiger partial charge in [0.05, 0.1) is 6.61 Å². The Morgan fingerprint density at radius 1 is 1.10 bits per heavy atom. The Bertz CT molecular complexity index is 589. The molecular weight excluding hydrogens is 258 g/mol. The monoisotopic (exact) mass is 281 g/mol. The predicted octanol–water partition coefficient (Wildman–Crippen LogP) is 4.42. The van der Waals surface area contributed by atoms with Crippen molar-refractivity contribution in [3.63, 3.8) is 0 Å². The summed E-state index contributed by atoms with van der Waals surface area (Å²) in [7, 11) is 0. The highest BCUT2D eigenvalue weighted by molar-refractivity contribution is 5.37. The van der Waals surface area contributed by atoms with Gasteiger partial charge in [-0.2, -0.15) is 0 Å². The van der Waals surface area contributed by atoms with Crippen molar-refractivity contribution in [3.8, 4) is 5.75 Å². The molecule has 1 unspecified atom stereocenters. The minimum Gasteiger partial charge on any atom is -0.493 e. The van der Waals surface area contributed by atoms with E-state index in [9.17, 15) is 0 Å². The number of nitrogens with one attached hydrogen (secondary N) is 1. The van der Waals surface area contributed by atoms with E-state index < -0.39 is 0 Å². The molecule has 0 bridgehead atoms. The molecule has 0 saturated carbocycles. The highest BCUT2D eigenvalue weighted by atomic mass is 16.5. The summed E-state index contributed by atoms with van der Waals surface area (Å²) in [6.45, 7) is 6.15. The van der Waals surface area contributed by atoms with E-state index in [-0.39, 0.29) is 0 Å². The standard InChI is InChI=1S/C19H23NO/c1-14(2)16-9-7-15(8-10-16)13-20-18-11-12-21-19-6-4-3-5-17(18)19/h3-10,14,18,20H,11-13H2,1-2H3. The molecule has 1 heterocycles. The molecule has 1 aliphatic rings. The summed E-state index contributed by atoms with van der Waals surface area (Å²) in [5, 5.41) is 3.66. The summed E-state index contributed by atoms with van der Waals surface area (Å²) >= 11 is 0. The smallest absolute Gasteiger partial charge is 0.124 e. The van der Waals surface area contributed by atoms with Gasteiger partial charge < -0.3 is 10.1 Å². The summed E-state index contributed by atoms with van der Waals surface area (Å²) in [6.07, 6.45) is 1.03. The maximum absolute atomic E-state index is 5.71. The van der Waals surface area contributed by atoms with Crippen molar-refractivity contribution in [3.05, 3.63) is 65.2 Å². The van der Waals surface area contributed by atoms with Crippen LogP contribution < -0.4 is 10.1 Å². The van der Waals surface area contributed by atoms with Crippen LogP contribution in [0.5, 0.6) is 5.75 Å². The first-order valence-corrected chi connectivity index (χ1v) is 7.78. The van der Waals surface area contributed by atoms with Gasteiger partial charge >= 0.3 is 0 Å². The molecule has 1 aliphatic heterocycles. The van der Waals surface area contributed by atoms with Gasteiger partial charge in [0.1, 0.15) is 5.75 Å². The molecule has 1 N–H and O–H groups in total. The van der Waals surface area contributed by atoms with Crippen LogP contribution in [0.1, 0.15) is 48.9 Å². The lowest BCUT2D eigenvalue weighted by Crippen LogP contribution is -2.26. The topological polar surface area (TPSA) is 21.3 Å². The zero-order valence-corrected chi connectivity index (χ0v) is 12.8. The molecule has 0 amide bonds. The van der Waals surface area contributed by atoms with Crippen molar-refractivity contribution < 1.29 is 4.74 Å². The molecule has 0 aromatic heterocycles. The number of fused-ring (bicyclic) bond motifs is 1.